The molecule has 0 aliphatic carbocycles. The third kappa shape index (κ3) is 5.38. The predicted octanol–water partition coefficient (Wildman–Crippen LogP) is 2.57. The number of imidazole rings is 1. The summed E-state index contributed by atoms with van der Waals surface area (Å²) >= 11 is 0. The summed E-state index contributed by atoms with van der Waals surface area (Å²) in [6, 6.07) is 9.49. The lowest BCUT2D eigenvalue weighted by molar-refractivity contribution is 0.282. The Bertz CT molecular complexity index is 689. The highest BCUT2D eigenvalue weighted by molar-refractivity contribution is 5.79. The highest BCUT2D eigenvalue weighted by Crippen LogP contribution is 2.10. The molecule has 0 aliphatic heterocycles. The van der Waals surface area contributed by atoms with Gasteiger partial charge in [0.2, 0.25) is 5.88 Å². The van der Waals surface area contributed by atoms with Gasteiger partial charge in [-0.05, 0) is 18.4 Å². The van der Waals surface area contributed by atoms with Crippen LogP contribution in [0.4, 0.5) is 0 Å². The van der Waals surface area contributed by atoms with Crippen molar-refractivity contribution in [1.29, 1.82) is 0 Å². The third-order valence-corrected chi connectivity index (χ3v) is 3.86. The maximum absolute atomic E-state index is 12.2. The van der Waals surface area contributed by atoms with Crippen molar-refractivity contribution in [2.24, 2.45) is 5.10 Å². The first-order valence-corrected chi connectivity index (χ1v) is 8.44. The van der Waals surface area contributed by atoms with E-state index in [9.17, 15) is 9.90 Å². The molecule has 0 atom stereocenters. The normalized spacial score (nSPS) is 11.4. The van der Waals surface area contributed by atoms with Gasteiger partial charge in [0.15, 0.2) is 0 Å². The van der Waals surface area contributed by atoms with Crippen molar-refractivity contribution in [3.8, 4) is 5.88 Å². The van der Waals surface area contributed by atoms with Crippen LogP contribution in [-0.4, -0.2) is 32.3 Å². The average Bonchev–Trinajstić information content (AvgIpc) is 2.87. The van der Waals surface area contributed by atoms with Gasteiger partial charge in [-0.1, -0.05) is 56.0 Å². The van der Waals surface area contributed by atoms with Crippen LogP contribution in [0, 0.1) is 0 Å². The van der Waals surface area contributed by atoms with Crippen LogP contribution < -0.4 is 5.69 Å². The fourth-order valence-corrected chi connectivity index (χ4v) is 2.51. The van der Waals surface area contributed by atoms with Crippen molar-refractivity contribution >= 4 is 6.21 Å². The highest BCUT2D eigenvalue weighted by Gasteiger charge is 2.09. The molecule has 1 heterocycles. The van der Waals surface area contributed by atoms with Gasteiger partial charge in [0, 0.05) is 13.2 Å². The van der Waals surface area contributed by atoms with E-state index in [-0.39, 0.29) is 18.2 Å². The Balaban J connectivity index is 1.87. The van der Waals surface area contributed by atoms with Crippen LogP contribution in [-0.2, 0) is 6.54 Å². The fraction of sp³-hybridized carbons (Fsp3) is 0.444. The Labute approximate surface area is 141 Å². The van der Waals surface area contributed by atoms with Gasteiger partial charge in [-0.25, -0.2) is 4.79 Å². The van der Waals surface area contributed by atoms with E-state index in [1.807, 2.05) is 30.3 Å². The monoisotopic (exact) mass is 331 g/mol. The molecule has 1 aromatic carbocycles. The Kier molecular flexibility index (Phi) is 7.29. The minimum atomic E-state index is -0.333. The second-order valence-corrected chi connectivity index (χ2v) is 5.77. The molecule has 0 fully saturated rings. The molecule has 0 saturated carbocycles. The molecular weight excluding hydrogens is 306 g/mol. The molecule has 2 aromatic rings. The molecule has 0 unspecified atom stereocenters. The van der Waals surface area contributed by atoms with E-state index in [1.54, 1.807) is 6.21 Å². The van der Waals surface area contributed by atoms with Crippen LogP contribution in [0.3, 0.4) is 0 Å². The third-order valence-electron chi connectivity index (χ3n) is 3.86. The van der Waals surface area contributed by atoms with Gasteiger partial charge >= 0.3 is 5.69 Å². The number of aliphatic hydroxyl groups is 1. The molecule has 0 bridgehead atoms. The molecule has 1 aromatic heterocycles. The van der Waals surface area contributed by atoms with Crippen LogP contribution in [0.25, 0.3) is 0 Å². The highest BCUT2D eigenvalue weighted by atomic mass is 16.3. The standard InChI is InChI=1S/C18H25N3O3/c22-13-9-4-2-1-3-8-12-20-17(23)15-21(18(20)24)19-14-16-10-6-5-7-11-16/h5-7,10-11,14-15,22-23H,1-4,8-9,12-13H2. The van der Waals surface area contributed by atoms with Crippen LogP contribution in [0.5, 0.6) is 5.88 Å². The SMILES string of the molecule is O=c1n(N=Cc2ccccc2)cc(O)n1CCCCCCCCO. The number of hydrogen-bond donors (Lipinski definition) is 2. The van der Waals surface area contributed by atoms with Crippen molar-refractivity contribution in [3.63, 3.8) is 0 Å². The second kappa shape index (κ2) is 9.72. The number of unbranched alkanes of at least 4 members (excludes halogenated alkanes) is 5. The first kappa shape index (κ1) is 18.0. The van der Waals surface area contributed by atoms with Crippen molar-refractivity contribution in [2.75, 3.05) is 6.61 Å². The molecule has 0 saturated heterocycles. The number of benzene rings is 1. The molecule has 130 valence electrons. The molecule has 0 aliphatic rings. The molecule has 6 heteroatoms. The van der Waals surface area contributed by atoms with Gasteiger partial charge in [-0.15, -0.1) is 0 Å². The Morgan fingerprint density at radius 2 is 1.67 bits per heavy atom. The Morgan fingerprint density at radius 3 is 2.38 bits per heavy atom. The topological polar surface area (TPSA) is 79.8 Å². The molecule has 2 N–H and O–H groups in total. The summed E-state index contributed by atoms with van der Waals surface area (Å²) in [5.74, 6) is -0.0644. The first-order chi connectivity index (χ1) is 11.7. The number of aromatic nitrogens is 2. The van der Waals surface area contributed by atoms with Crippen molar-refractivity contribution in [3.05, 3.63) is 52.6 Å². The zero-order valence-corrected chi connectivity index (χ0v) is 13.8. The van der Waals surface area contributed by atoms with Crippen molar-refractivity contribution < 1.29 is 10.2 Å². The number of aromatic hydroxyl groups is 1. The number of hydrogen-bond acceptors (Lipinski definition) is 4. The molecule has 24 heavy (non-hydrogen) atoms. The Morgan fingerprint density at radius 1 is 1.00 bits per heavy atom. The van der Waals surface area contributed by atoms with E-state index in [0.29, 0.717) is 6.54 Å². The first-order valence-electron chi connectivity index (χ1n) is 8.44. The van der Waals surface area contributed by atoms with Crippen molar-refractivity contribution in [1.82, 2.24) is 9.24 Å². The number of rotatable bonds is 10. The molecule has 0 amide bonds. The van der Waals surface area contributed by atoms with Gasteiger partial charge in [0.25, 0.3) is 0 Å². The fourth-order valence-electron chi connectivity index (χ4n) is 2.51. The molecule has 6 nitrogen and oxygen atoms in total. The van der Waals surface area contributed by atoms with E-state index in [4.69, 9.17) is 5.11 Å². The second-order valence-electron chi connectivity index (χ2n) is 5.77. The minimum absolute atomic E-state index is 0.0644. The molecule has 0 spiro atoms. The van der Waals surface area contributed by atoms with Crippen molar-refractivity contribution in [2.45, 2.75) is 45.1 Å². The van der Waals surface area contributed by atoms with E-state index < -0.39 is 0 Å². The summed E-state index contributed by atoms with van der Waals surface area (Å²) in [6.07, 6.45) is 8.80. The maximum Gasteiger partial charge on any atom is 0.351 e. The van der Waals surface area contributed by atoms with E-state index in [1.165, 1.54) is 10.8 Å². The quantitative estimate of drug-likeness (QED) is 0.519. The van der Waals surface area contributed by atoms with Crippen LogP contribution in [0.1, 0.15) is 44.1 Å². The lowest BCUT2D eigenvalue weighted by atomic mass is 10.1. The Hall–Kier alpha value is -2.34. The summed E-state index contributed by atoms with van der Waals surface area (Å²) in [7, 11) is 0. The smallest absolute Gasteiger partial charge is 0.351 e. The minimum Gasteiger partial charge on any atom is -0.493 e. The van der Waals surface area contributed by atoms with Crippen LogP contribution in [0.15, 0.2) is 46.4 Å². The lowest BCUT2D eigenvalue weighted by Gasteiger charge is -2.03. The number of nitrogens with zero attached hydrogens (tertiary/aromatic N) is 3. The number of aliphatic hydroxyl groups excluding tert-OH is 1. The maximum atomic E-state index is 12.2. The molecular formula is C18H25N3O3. The average molecular weight is 331 g/mol. The van der Waals surface area contributed by atoms with E-state index >= 15 is 0 Å². The summed E-state index contributed by atoms with van der Waals surface area (Å²) < 4.78 is 2.50. The van der Waals surface area contributed by atoms with E-state index in [0.717, 1.165) is 48.8 Å². The van der Waals surface area contributed by atoms with Gasteiger partial charge in [0.1, 0.15) is 0 Å². The zero-order valence-electron chi connectivity index (χ0n) is 13.8. The van der Waals surface area contributed by atoms with E-state index in [2.05, 4.69) is 5.10 Å². The van der Waals surface area contributed by atoms with Gasteiger partial charge < -0.3 is 10.2 Å². The predicted molar refractivity (Wildman–Crippen MR) is 94.6 cm³/mol. The summed E-state index contributed by atoms with van der Waals surface area (Å²) in [5.41, 5.74) is 0.555. The zero-order chi connectivity index (χ0) is 17.2. The summed E-state index contributed by atoms with van der Waals surface area (Å²) in [6.45, 7) is 0.735. The molecule has 2 rings (SSSR count). The van der Waals surface area contributed by atoms with Gasteiger partial charge in [0.05, 0.1) is 12.4 Å². The van der Waals surface area contributed by atoms with Crippen LogP contribution in [0.2, 0.25) is 0 Å². The van der Waals surface area contributed by atoms with Gasteiger partial charge in [-0.2, -0.15) is 9.78 Å². The van der Waals surface area contributed by atoms with Gasteiger partial charge in [-0.3, -0.25) is 4.57 Å². The summed E-state index contributed by atoms with van der Waals surface area (Å²) in [5, 5.41) is 22.8. The van der Waals surface area contributed by atoms with Crippen LogP contribution >= 0.6 is 0 Å². The summed E-state index contributed by atoms with van der Waals surface area (Å²) in [4.78, 5) is 12.2. The largest absolute Gasteiger partial charge is 0.493 e. The lowest BCUT2D eigenvalue weighted by Crippen LogP contribution is -2.22. The molecule has 0 radical (unpaired) electrons.